The first-order valence-corrected chi connectivity index (χ1v) is 5.96. The number of nitrogens with one attached hydrogen (secondary N) is 1. The van der Waals surface area contributed by atoms with Gasteiger partial charge in [-0.1, -0.05) is 11.8 Å². The molecule has 0 atom stereocenters. The summed E-state index contributed by atoms with van der Waals surface area (Å²) in [5.74, 6) is 0.0168. The van der Waals surface area contributed by atoms with E-state index in [1.165, 1.54) is 0 Å². The summed E-state index contributed by atoms with van der Waals surface area (Å²) in [6, 6.07) is 6.62. The van der Waals surface area contributed by atoms with Gasteiger partial charge in [0.2, 0.25) is 0 Å². The van der Waals surface area contributed by atoms with Crippen LogP contribution in [0.3, 0.4) is 0 Å². The minimum absolute atomic E-state index is 0.147. The van der Waals surface area contributed by atoms with Crippen molar-refractivity contribution in [3.8, 4) is 5.75 Å². The number of hydrogen-bond donors (Lipinski definition) is 2. The topological polar surface area (TPSA) is 88.5 Å². The number of amidine groups is 1. The van der Waals surface area contributed by atoms with Gasteiger partial charge in [0.25, 0.3) is 5.91 Å². The number of amides is 1. The maximum Gasteiger partial charge on any atom is 0.297 e. The molecule has 0 bridgehead atoms. The summed E-state index contributed by atoms with van der Waals surface area (Å²) in [6.45, 7) is 0. The third-order valence-corrected chi connectivity index (χ3v) is 2.52. The number of thioether (sulfide) groups is 1. The number of benzene rings is 1. The number of carbonyl (C=O) groups excluding carboxylic acids is 1. The molecular weight excluding hydrogens is 238 g/mol. The molecule has 0 saturated carbocycles. The number of aliphatic imine (C=N–C) groups is 1. The first kappa shape index (κ1) is 13.2. The third-order valence-electron chi connectivity index (χ3n) is 2.01. The molecule has 0 unspecified atom stereocenters. The van der Waals surface area contributed by atoms with Gasteiger partial charge in [0.15, 0.2) is 5.17 Å². The zero-order valence-corrected chi connectivity index (χ0v) is 10.4. The predicted octanol–water partition coefficient (Wildman–Crippen LogP) is 1.27. The number of nitrogens with zero attached hydrogens (tertiary/aromatic N) is 1. The van der Waals surface area contributed by atoms with E-state index in [0.29, 0.717) is 11.3 Å². The van der Waals surface area contributed by atoms with E-state index < -0.39 is 5.91 Å². The molecule has 1 rings (SSSR count). The van der Waals surface area contributed by atoms with Crippen molar-refractivity contribution in [3.63, 3.8) is 0 Å². The normalized spacial score (nSPS) is 11.1. The molecule has 0 aromatic heterocycles. The average molecular weight is 251 g/mol. The van der Waals surface area contributed by atoms with Crippen molar-refractivity contribution in [3.05, 3.63) is 29.8 Å². The largest absolute Gasteiger partial charge is 0.497 e. The number of hydrogen-bond acceptors (Lipinski definition) is 4. The highest BCUT2D eigenvalue weighted by Gasteiger charge is 2.11. The lowest BCUT2D eigenvalue weighted by molar-refractivity contribution is -0.111. The summed E-state index contributed by atoms with van der Waals surface area (Å²) in [5, 5.41) is 7.82. The second-order valence-electron chi connectivity index (χ2n) is 3.06. The van der Waals surface area contributed by atoms with Crippen molar-refractivity contribution >= 4 is 28.5 Å². The van der Waals surface area contributed by atoms with Gasteiger partial charge in [-0.3, -0.25) is 10.2 Å². The summed E-state index contributed by atoms with van der Waals surface area (Å²) in [5.41, 5.74) is 5.70. The fourth-order valence-corrected chi connectivity index (χ4v) is 1.26. The van der Waals surface area contributed by atoms with E-state index in [2.05, 4.69) is 4.99 Å². The Bertz CT molecular complexity index is 454. The van der Waals surface area contributed by atoms with Crippen LogP contribution in [0.5, 0.6) is 5.75 Å². The Morgan fingerprint density at radius 1 is 1.41 bits per heavy atom. The van der Waals surface area contributed by atoms with Gasteiger partial charge in [0, 0.05) is 5.56 Å². The second kappa shape index (κ2) is 6.05. The van der Waals surface area contributed by atoms with Gasteiger partial charge in [-0.05, 0) is 30.5 Å². The minimum Gasteiger partial charge on any atom is -0.497 e. The van der Waals surface area contributed by atoms with Crippen molar-refractivity contribution < 1.29 is 9.53 Å². The number of rotatable bonds is 3. The summed E-state index contributed by atoms with van der Waals surface area (Å²) in [4.78, 5) is 15.1. The van der Waals surface area contributed by atoms with Crippen LogP contribution in [0.25, 0.3) is 0 Å². The van der Waals surface area contributed by atoms with Crippen LogP contribution in [0.1, 0.15) is 5.56 Å². The molecule has 0 aliphatic carbocycles. The van der Waals surface area contributed by atoms with Crippen molar-refractivity contribution in [1.82, 2.24) is 0 Å². The van der Waals surface area contributed by atoms with Gasteiger partial charge in [-0.15, -0.1) is 0 Å². The monoisotopic (exact) mass is 251 g/mol. The zero-order valence-electron chi connectivity index (χ0n) is 9.56. The molecule has 17 heavy (non-hydrogen) atoms. The lowest BCUT2D eigenvalue weighted by Gasteiger charge is -2.02. The maximum atomic E-state index is 11.5. The van der Waals surface area contributed by atoms with Gasteiger partial charge in [0.1, 0.15) is 11.5 Å². The first-order chi connectivity index (χ1) is 8.08. The van der Waals surface area contributed by atoms with E-state index >= 15 is 0 Å². The number of methoxy groups -OCH3 is 1. The zero-order chi connectivity index (χ0) is 12.8. The Balaban J connectivity index is 2.85. The molecular formula is C11H13N3O2S. The van der Waals surface area contributed by atoms with E-state index in [1.54, 1.807) is 37.6 Å². The van der Waals surface area contributed by atoms with Crippen LogP contribution in [0.2, 0.25) is 0 Å². The molecule has 1 aromatic rings. The number of nitrogens with two attached hydrogens (primary N) is 1. The van der Waals surface area contributed by atoms with E-state index in [4.69, 9.17) is 15.9 Å². The molecule has 1 aromatic carbocycles. The van der Waals surface area contributed by atoms with Crippen molar-refractivity contribution in [2.75, 3.05) is 13.4 Å². The number of carbonyl (C=O) groups is 1. The van der Waals surface area contributed by atoms with Gasteiger partial charge in [-0.25, -0.2) is 0 Å². The summed E-state index contributed by atoms with van der Waals surface area (Å²) in [7, 11) is 1.55. The molecule has 6 heteroatoms. The molecule has 0 fully saturated rings. The SMILES string of the molecule is COc1ccc(C(=N)C(=O)N=C(N)SC)cc1. The van der Waals surface area contributed by atoms with Crippen molar-refractivity contribution in [2.24, 2.45) is 10.7 Å². The van der Waals surface area contributed by atoms with Crippen LogP contribution in [0.15, 0.2) is 29.3 Å². The Morgan fingerprint density at radius 3 is 2.47 bits per heavy atom. The smallest absolute Gasteiger partial charge is 0.297 e. The molecule has 0 heterocycles. The Labute approximate surface area is 104 Å². The highest BCUT2D eigenvalue weighted by atomic mass is 32.2. The lowest BCUT2D eigenvalue weighted by atomic mass is 10.1. The Kier molecular flexibility index (Phi) is 4.71. The molecule has 0 spiro atoms. The summed E-state index contributed by atoms with van der Waals surface area (Å²) >= 11 is 1.16. The second-order valence-corrected chi connectivity index (χ2v) is 3.89. The fourth-order valence-electron chi connectivity index (χ4n) is 1.08. The third kappa shape index (κ3) is 3.60. The summed E-state index contributed by atoms with van der Waals surface area (Å²) < 4.78 is 4.99. The average Bonchev–Trinajstić information content (AvgIpc) is 2.37. The molecule has 90 valence electrons. The van der Waals surface area contributed by atoms with E-state index in [9.17, 15) is 4.79 Å². The van der Waals surface area contributed by atoms with Crippen LogP contribution < -0.4 is 10.5 Å². The lowest BCUT2D eigenvalue weighted by Crippen LogP contribution is -2.16. The van der Waals surface area contributed by atoms with Crippen molar-refractivity contribution in [1.29, 1.82) is 5.41 Å². The summed E-state index contributed by atoms with van der Waals surface area (Å²) in [6.07, 6.45) is 1.71. The highest BCUT2D eigenvalue weighted by molar-refractivity contribution is 8.13. The standard InChI is InChI=1S/C11H13N3O2S/c1-16-8-5-3-7(4-6-8)9(12)10(15)14-11(13)17-2/h3-6,12H,1-2H3,(H2,13,14,15). The first-order valence-electron chi connectivity index (χ1n) is 4.74. The van der Waals surface area contributed by atoms with Crippen LogP contribution in [-0.4, -0.2) is 30.2 Å². The molecule has 0 aliphatic rings. The maximum absolute atomic E-state index is 11.5. The molecule has 0 saturated heterocycles. The molecule has 3 N–H and O–H groups in total. The molecule has 5 nitrogen and oxygen atoms in total. The quantitative estimate of drug-likeness (QED) is 0.625. The van der Waals surface area contributed by atoms with Gasteiger partial charge in [0.05, 0.1) is 7.11 Å². The van der Waals surface area contributed by atoms with Gasteiger partial charge < -0.3 is 10.5 Å². The van der Waals surface area contributed by atoms with E-state index in [1.807, 2.05) is 0 Å². The molecule has 0 radical (unpaired) electrons. The van der Waals surface area contributed by atoms with Crippen LogP contribution in [0, 0.1) is 5.41 Å². The van der Waals surface area contributed by atoms with Gasteiger partial charge >= 0.3 is 0 Å². The van der Waals surface area contributed by atoms with E-state index in [-0.39, 0.29) is 10.9 Å². The highest BCUT2D eigenvalue weighted by Crippen LogP contribution is 2.12. The Hall–Kier alpha value is -1.82. The van der Waals surface area contributed by atoms with E-state index in [0.717, 1.165) is 11.8 Å². The minimum atomic E-state index is -0.651. The Morgan fingerprint density at radius 2 is 2.00 bits per heavy atom. The fraction of sp³-hybridized carbons (Fsp3) is 0.182. The van der Waals surface area contributed by atoms with Crippen molar-refractivity contribution in [2.45, 2.75) is 0 Å². The molecule has 0 aliphatic heterocycles. The van der Waals surface area contributed by atoms with Crippen LogP contribution in [-0.2, 0) is 4.79 Å². The molecule has 1 amide bonds. The van der Waals surface area contributed by atoms with Crippen LogP contribution >= 0.6 is 11.8 Å². The van der Waals surface area contributed by atoms with Crippen LogP contribution in [0.4, 0.5) is 0 Å². The van der Waals surface area contributed by atoms with Gasteiger partial charge in [-0.2, -0.15) is 4.99 Å². The predicted molar refractivity (Wildman–Crippen MR) is 70.0 cm³/mol. The number of ether oxygens (including phenoxy) is 1.